The van der Waals surface area contributed by atoms with E-state index in [2.05, 4.69) is 111 Å². The van der Waals surface area contributed by atoms with Crippen molar-refractivity contribution < 1.29 is 61.9 Å². The predicted octanol–water partition coefficient (Wildman–Crippen LogP) is 2.70. The van der Waals surface area contributed by atoms with Gasteiger partial charge in [0, 0.05) is 34.9 Å². The third-order valence-corrected chi connectivity index (χ3v) is 11.4. The Hall–Kier alpha value is -3.75. The molecule has 0 aliphatic heterocycles. The fourth-order valence-corrected chi connectivity index (χ4v) is 6.71. The fourth-order valence-electron chi connectivity index (χ4n) is 4.96. The number of hydrogen-bond donors (Lipinski definition) is 5. The molecule has 0 spiro atoms. The lowest BCUT2D eigenvalue weighted by Gasteiger charge is -2.20. The Morgan fingerprint density at radius 1 is 0.606 bits per heavy atom. The fraction of sp³-hybridized carbons (Fsp3) is 0.809. The first-order valence-corrected chi connectivity index (χ1v) is 26.2. The molecule has 4 amide bonds. The maximum atomic E-state index is 12.2. The molecule has 0 bridgehead atoms. The highest BCUT2D eigenvalue weighted by atomic mass is 32.2. The molecule has 1 aromatic rings. The molecule has 0 aromatic carbocycles. The summed E-state index contributed by atoms with van der Waals surface area (Å²) in [5, 5.41) is 25.2. The second-order valence-electron chi connectivity index (χ2n) is 18.9. The van der Waals surface area contributed by atoms with Crippen LogP contribution in [0.25, 0.3) is 0 Å². The van der Waals surface area contributed by atoms with Gasteiger partial charge >= 0.3 is 0 Å². The van der Waals surface area contributed by atoms with Crippen LogP contribution in [0, 0.1) is 5.41 Å². The lowest BCUT2D eigenvalue weighted by molar-refractivity contribution is -0.130. The highest BCUT2D eigenvalue weighted by Gasteiger charge is 2.16. The zero-order valence-corrected chi connectivity index (χ0v) is 45.7. The average Bonchev–Trinajstić information content (AvgIpc) is 3.76. The summed E-state index contributed by atoms with van der Waals surface area (Å²) in [6, 6.07) is 0. The van der Waals surface area contributed by atoms with Crippen LogP contribution in [0.5, 0.6) is 0 Å². The van der Waals surface area contributed by atoms with Gasteiger partial charge in [0.05, 0.1) is 124 Å². The largest absolute Gasteiger partial charge is 0.473 e. The van der Waals surface area contributed by atoms with Gasteiger partial charge in [-0.2, -0.15) is 11.8 Å². The second kappa shape index (κ2) is 39.7. The van der Waals surface area contributed by atoms with Crippen molar-refractivity contribution >= 4 is 52.9 Å². The number of aromatic nitrogens is 3. The van der Waals surface area contributed by atoms with Gasteiger partial charge in [0.2, 0.25) is 17.7 Å². The molecule has 0 unspecified atom stereocenters. The van der Waals surface area contributed by atoms with Crippen molar-refractivity contribution in [1.29, 1.82) is 0 Å². The van der Waals surface area contributed by atoms with E-state index in [0.29, 0.717) is 110 Å². The van der Waals surface area contributed by atoms with Crippen LogP contribution >= 0.6 is 23.5 Å². The molecule has 1 rings (SSSR count). The van der Waals surface area contributed by atoms with Crippen LogP contribution in [-0.2, 0) is 75.1 Å². The van der Waals surface area contributed by atoms with Gasteiger partial charge in [-0.25, -0.2) is 4.68 Å². The Bertz CT molecular complexity index is 1640. The number of hydrogen-bond acceptors (Lipinski definition) is 19. The summed E-state index contributed by atoms with van der Waals surface area (Å²) in [6.07, 6.45) is 3.51. The van der Waals surface area contributed by atoms with E-state index in [9.17, 15) is 19.2 Å². The standard InChI is InChI=1S/C47H87N9O13S2/c1-38(48-13-14-49-41(57)31-50-42(58)32-51-43(59)33-52-44(60)36-69-54-39(37-71-47(8,9)10)11-30-70-46(5,6)7)68-35-40-34-56(55-53-40)15-17-62-19-21-64-23-25-66-27-29-67-28-26-65-24-22-63-20-18-61-16-12-45(2,3)4/h34,48H,1,11-33,35-37H2,2-10H3,(H,49,57)(H,50,58)(H,51,59)(H,52,60)/b54-39-. The molecule has 0 aliphatic rings. The number of oxime groups is 1. The summed E-state index contributed by atoms with van der Waals surface area (Å²) in [7, 11) is 0. The summed E-state index contributed by atoms with van der Waals surface area (Å²) in [5.41, 5.74) is 1.73. The number of rotatable bonds is 44. The van der Waals surface area contributed by atoms with Crippen LogP contribution in [0.1, 0.15) is 80.8 Å². The van der Waals surface area contributed by atoms with Crippen LogP contribution < -0.4 is 26.6 Å². The molecule has 0 radical (unpaired) electrons. The van der Waals surface area contributed by atoms with Crippen molar-refractivity contribution in [3.63, 3.8) is 0 Å². The number of carbonyl (C=O) groups excluding carboxylic acids is 4. The van der Waals surface area contributed by atoms with Crippen LogP contribution in [-0.4, -0.2) is 197 Å². The van der Waals surface area contributed by atoms with E-state index in [0.717, 1.165) is 30.9 Å². The first-order chi connectivity index (χ1) is 33.7. The Labute approximate surface area is 430 Å². The smallest absolute Gasteiger partial charge is 0.261 e. The van der Waals surface area contributed by atoms with E-state index in [1.54, 1.807) is 22.6 Å². The minimum atomic E-state index is -0.582. The molecular weight excluding hydrogens is 963 g/mol. The molecule has 410 valence electrons. The van der Waals surface area contributed by atoms with Gasteiger partial charge in [-0.15, -0.1) is 16.9 Å². The van der Waals surface area contributed by atoms with Gasteiger partial charge in [0.15, 0.2) is 12.5 Å². The van der Waals surface area contributed by atoms with Crippen molar-refractivity contribution in [2.24, 2.45) is 10.6 Å². The highest BCUT2D eigenvalue weighted by molar-refractivity contribution is 8.01. The summed E-state index contributed by atoms with van der Waals surface area (Å²) in [6.45, 7) is 30.2. The average molecular weight is 1050 g/mol. The lowest BCUT2D eigenvalue weighted by Crippen LogP contribution is -2.45. The predicted molar refractivity (Wildman–Crippen MR) is 276 cm³/mol. The van der Waals surface area contributed by atoms with Crippen LogP contribution in [0.4, 0.5) is 0 Å². The topological polar surface area (TPSA) is 255 Å². The molecule has 22 nitrogen and oxygen atoms in total. The Morgan fingerprint density at radius 3 is 1.55 bits per heavy atom. The Balaban J connectivity index is 2.00. The molecule has 24 heteroatoms. The lowest BCUT2D eigenvalue weighted by atomic mass is 9.93. The monoisotopic (exact) mass is 1050 g/mol. The maximum Gasteiger partial charge on any atom is 0.261 e. The maximum absolute atomic E-state index is 12.2. The number of carbonyl (C=O) groups is 4. The number of ether oxygens (including phenoxy) is 8. The van der Waals surface area contributed by atoms with Crippen molar-refractivity contribution in [3.05, 3.63) is 24.4 Å². The van der Waals surface area contributed by atoms with Gasteiger partial charge in [0.1, 0.15) is 12.3 Å². The third-order valence-electron chi connectivity index (χ3n) is 8.77. The van der Waals surface area contributed by atoms with E-state index in [1.165, 1.54) is 0 Å². The van der Waals surface area contributed by atoms with E-state index in [4.69, 9.17) is 42.7 Å². The normalized spacial score (nSPS) is 12.1. The summed E-state index contributed by atoms with van der Waals surface area (Å²) >= 11 is 3.57. The molecule has 71 heavy (non-hydrogen) atoms. The number of thioether (sulfide) groups is 2. The zero-order valence-electron chi connectivity index (χ0n) is 44.1. The first kappa shape index (κ1) is 65.3. The first-order valence-electron chi connectivity index (χ1n) is 24.2. The summed E-state index contributed by atoms with van der Waals surface area (Å²) in [4.78, 5) is 54.0. The van der Waals surface area contributed by atoms with Crippen molar-refractivity contribution in [2.45, 2.75) is 97.8 Å². The molecular formula is C47H87N9O13S2. The Kier molecular flexibility index (Phi) is 36.5. The minimum Gasteiger partial charge on any atom is -0.473 e. The number of amides is 4. The second-order valence-corrected chi connectivity index (χ2v) is 22.7. The highest BCUT2D eigenvalue weighted by Crippen LogP contribution is 2.26. The van der Waals surface area contributed by atoms with E-state index in [1.807, 2.05) is 11.8 Å². The molecule has 0 atom stereocenters. The molecule has 5 N–H and O–H groups in total. The van der Waals surface area contributed by atoms with Gasteiger partial charge in [-0.05, 0) is 30.6 Å². The summed E-state index contributed by atoms with van der Waals surface area (Å²) in [5.74, 6) is -0.281. The van der Waals surface area contributed by atoms with Gasteiger partial charge in [0.25, 0.3) is 5.91 Å². The summed E-state index contributed by atoms with van der Waals surface area (Å²) < 4.78 is 46.2. The van der Waals surface area contributed by atoms with Crippen LogP contribution in [0.15, 0.2) is 23.8 Å². The van der Waals surface area contributed by atoms with Crippen LogP contribution in [0.3, 0.4) is 0 Å². The zero-order chi connectivity index (χ0) is 52.6. The number of nitrogens with one attached hydrogen (secondary N) is 5. The quantitative estimate of drug-likeness (QED) is 0.0273. The SMILES string of the molecule is C=C(NCCNC(=O)CNC(=O)CNC(=O)CNC(=O)CO/N=C(/CCSC(C)(C)C)CSC(C)(C)C)OCc1cn(CCOCCOCCOCCOCCOCCOCCOCCC(C)(C)C)nn1. The molecule has 0 aliphatic carbocycles. The third kappa shape index (κ3) is 44.7. The van der Waals surface area contributed by atoms with E-state index < -0.39 is 23.6 Å². The van der Waals surface area contributed by atoms with E-state index in [-0.39, 0.29) is 60.2 Å². The van der Waals surface area contributed by atoms with Crippen molar-refractivity contribution in [3.8, 4) is 0 Å². The minimum absolute atomic E-state index is 0.0517. The molecule has 0 saturated heterocycles. The van der Waals surface area contributed by atoms with Crippen molar-refractivity contribution in [1.82, 2.24) is 41.6 Å². The molecule has 1 heterocycles. The molecule has 0 fully saturated rings. The Morgan fingerprint density at radius 2 is 1.06 bits per heavy atom. The van der Waals surface area contributed by atoms with Crippen molar-refractivity contribution in [2.75, 3.05) is 143 Å². The van der Waals surface area contributed by atoms with E-state index >= 15 is 0 Å². The number of nitrogens with zero attached hydrogens (tertiary/aromatic N) is 4. The van der Waals surface area contributed by atoms with Crippen LogP contribution in [0.2, 0.25) is 0 Å². The molecule has 1 aromatic heterocycles. The van der Waals surface area contributed by atoms with Gasteiger partial charge in [-0.3, -0.25) is 19.2 Å². The van der Waals surface area contributed by atoms with Gasteiger partial charge in [-0.1, -0.05) is 72.7 Å². The van der Waals surface area contributed by atoms with Gasteiger partial charge < -0.3 is 69.3 Å². The molecule has 0 saturated carbocycles.